The highest BCUT2D eigenvalue weighted by molar-refractivity contribution is 9.10. The smallest absolute Gasteiger partial charge is 0.137 e. The fourth-order valence-electron chi connectivity index (χ4n) is 1.92. The lowest BCUT2D eigenvalue weighted by atomic mass is 10.1. The molecule has 0 radical (unpaired) electrons. The van der Waals surface area contributed by atoms with Crippen LogP contribution in [0.1, 0.15) is 11.1 Å². The molecule has 0 aliphatic heterocycles. The molecule has 0 aliphatic rings. The third-order valence-corrected chi connectivity index (χ3v) is 3.85. The van der Waals surface area contributed by atoms with Crippen LogP contribution in [0.2, 0.25) is 0 Å². The molecule has 0 atom stereocenters. The molecule has 0 fully saturated rings. The number of nitrogens with two attached hydrogens (primary N) is 1. The van der Waals surface area contributed by atoms with Gasteiger partial charge in [-0.25, -0.2) is 4.39 Å². The maximum atomic E-state index is 13.3. The molecule has 0 spiro atoms. The van der Waals surface area contributed by atoms with Gasteiger partial charge < -0.3 is 10.5 Å². The molecule has 2 aromatic rings. The van der Waals surface area contributed by atoms with Crippen LogP contribution in [0.5, 0.6) is 5.75 Å². The summed E-state index contributed by atoms with van der Waals surface area (Å²) >= 11 is 6.74. The first-order valence-electron chi connectivity index (χ1n) is 6.15. The van der Waals surface area contributed by atoms with E-state index in [0.29, 0.717) is 17.6 Å². The molecule has 0 heterocycles. The molecule has 20 heavy (non-hydrogen) atoms. The minimum Gasteiger partial charge on any atom is -0.487 e. The summed E-state index contributed by atoms with van der Waals surface area (Å²) in [4.78, 5) is 0. The monoisotopic (exact) mass is 401 g/mol. The summed E-state index contributed by atoms with van der Waals surface area (Å²) in [5.41, 5.74) is 7.41. The van der Waals surface area contributed by atoms with E-state index in [1.807, 2.05) is 24.3 Å². The van der Waals surface area contributed by atoms with Gasteiger partial charge in [-0.2, -0.15) is 0 Å². The van der Waals surface area contributed by atoms with Crippen LogP contribution in [0, 0.1) is 5.82 Å². The Kier molecular flexibility index (Phi) is 5.57. The Bertz CT molecular complexity index is 584. The average molecular weight is 403 g/mol. The van der Waals surface area contributed by atoms with Crippen LogP contribution in [-0.2, 0) is 13.0 Å². The van der Waals surface area contributed by atoms with Gasteiger partial charge in [0.1, 0.15) is 18.2 Å². The molecule has 5 heteroatoms. The van der Waals surface area contributed by atoms with Gasteiger partial charge in [0.05, 0.1) is 4.47 Å². The summed E-state index contributed by atoms with van der Waals surface area (Å²) in [6.45, 7) is 0.856. The van der Waals surface area contributed by atoms with Crippen LogP contribution in [-0.4, -0.2) is 6.54 Å². The standard InChI is InChI=1S/C15H14Br2FNO/c16-12-6-10(7-13(18)8-12)9-20-15-11(4-5-19)2-1-3-14(15)17/h1-3,6-8H,4-5,9,19H2. The second-order valence-corrected chi connectivity index (χ2v) is 6.10. The third kappa shape index (κ3) is 4.04. The van der Waals surface area contributed by atoms with Crippen molar-refractivity contribution < 1.29 is 9.13 Å². The van der Waals surface area contributed by atoms with Crippen molar-refractivity contribution in [1.82, 2.24) is 0 Å². The zero-order valence-corrected chi connectivity index (χ0v) is 13.9. The van der Waals surface area contributed by atoms with E-state index in [1.165, 1.54) is 12.1 Å². The van der Waals surface area contributed by atoms with Gasteiger partial charge in [0.15, 0.2) is 0 Å². The topological polar surface area (TPSA) is 35.2 Å². The maximum Gasteiger partial charge on any atom is 0.137 e. The largest absolute Gasteiger partial charge is 0.487 e. The van der Waals surface area contributed by atoms with Crippen molar-refractivity contribution in [2.75, 3.05) is 6.54 Å². The van der Waals surface area contributed by atoms with Gasteiger partial charge in [-0.05, 0) is 64.3 Å². The number of hydrogen-bond acceptors (Lipinski definition) is 2. The molecule has 0 saturated carbocycles. The predicted molar refractivity (Wildman–Crippen MR) is 85.3 cm³/mol. The Hall–Kier alpha value is -0.910. The molecule has 106 valence electrons. The molecule has 0 aromatic heterocycles. The van der Waals surface area contributed by atoms with Crippen molar-refractivity contribution in [2.24, 2.45) is 5.73 Å². The van der Waals surface area contributed by atoms with Gasteiger partial charge in [0.25, 0.3) is 0 Å². The molecular formula is C15H14Br2FNO. The highest BCUT2D eigenvalue weighted by Gasteiger charge is 2.08. The van der Waals surface area contributed by atoms with Crippen molar-refractivity contribution in [1.29, 1.82) is 0 Å². The van der Waals surface area contributed by atoms with Crippen LogP contribution in [0.3, 0.4) is 0 Å². The highest BCUT2D eigenvalue weighted by Crippen LogP contribution is 2.30. The molecule has 0 aliphatic carbocycles. The van der Waals surface area contributed by atoms with Crippen molar-refractivity contribution in [3.8, 4) is 5.75 Å². The van der Waals surface area contributed by atoms with Crippen molar-refractivity contribution in [2.45, 2.75) is 13.0 Å². The first-order chi connectivity index (χ1) is 9.60. The first kappa shape index (κ1) is 15.5. The lowest BCUT2D eigenvalue weighted by Gasteiger charge is -2.13. The Morgan fingerprint density at radius 3 is 2.65 bits per heavy atom. The van der Waals surface area contributed by atoms with Crippen LogP contribution >= 0.6 is 31.9 Å². The quantitative estimate of drug-likeness (QED) is 0.802. The summed E-state index contributed by atoms with van der Waals surface area (Å²) in [7, 11) is 0. The molecule has 2 N–H and O–H groups in total. The van der Waals surface area contributed by atoms with E-state index in [9.17, 15) is 4.39 Å². The van der Waals surface area contributed by atoms with Crippen LogP contribution in [0.4, 0.5) is 4.39 Å². The summed E-state index contributed by atoms with van der Waals surface area (Å²) in [6.07, 6.45) is 0.738. The SMILES string of the molecule is NCCc1cccc(Br)c1OCc1cc(F)cc(Br)c1. The summed E-state index contributed by atoms with van der Waals surface area (Å²) < 4.78 is 20.7. The zero-order valence-electron chi connectivity index (χ0n) is 10.7. The van der Waals surface area contributed by atoms with Crippen LogP contribution < -0.4 is 10.5 Å². The molecule has 0 amide bonds. The average Bonchev–Trinajstić information content (AvgIpc) is 2.37. The fourth-order valence-corrected chi connectivity index (χ4v) is 2.95. The van der Waals surface area contributed by atoms with Gasteiger partial charge in [0.2, 0.25) is 0 Å². The van der Waals surface area contributed by atoms with E-state index in [-0.39, 0.29) is 5.82 Å². The second-order valence-electron chi connectivity index (χ2n) is 4.33. The summed E-state index contributed by atoms with van der Waals surface area (Å²) in [5, 5.41) is 0. The lowest BCUT2D eigenvalue weighted by molar-refractivity contribution is 0.300. The first-order valence-corrected chi connectivity index (χ1v) is 7.74. The number of ether oxygens (including phenoxy) is 1. The molecule has 2 aromatic carbocycles. The number of para-hydroxylation sites is 1. The van der Waals surface area contributed by atoms with Crippen molar-refractivity contribution in [3.63, 3.8) is 0 Å². The minimum absolute atomic E-state index is 0.285. The van der Waals surface area contributed by atoms with Crippen LogP contribution in [0.15, 0.2) is 45.3 Å². The minimum atomic E-state index is -0.285. The highest BCUT2D eigenvalue weighted by atomic mass is 79.9. The van der Waals surface area contributed by atoms with E-state index in [2.05, 4.69) is 31.9 Å². The number of hydrogen-bond donors (Lipinski definition) is 1. The predicted octanol–water partition coefficient (Wildman–Crippen LogP) is 4.43. The van der Waals surface area contributed by atoms with E-state index in [0.717, 1.165) is 27.8 Å². The third-order valence-electron chi connectivity index (χ3n) is 2.77. The molecular weight excluding hydrogens is 389 g/mol. The Labute approximate surface area is 134 Å². The number of benzene rings is 2. The van der Waals surface area contributed by atoms with E-state index in [1.54, 1.807) is 0 Å². The van der Waals surface area contributed by atoms with Gasteiger partial charge in [-0.3, -0.25) is 0 Å². The number of rotatable bonds is 5. The lowest BCUT2D eigenvalue weighted by Crippen LogP contribution is -2.06. The molecule has 2 rings (SSSR count). The maximum absolute atomic E-state index is 13.3. The van der Waals surface area contributed by atoms with Gasteiger partial charge in [0, 0.05) is 4.47 Å². The van der Waals surface area contributed by atoms with E-state index >= 15 is 0 Å². The van der Waals surface area contributed by atoms with E-state index < -0.39 is 0 Å². The van der Waals surface area contributed by atoms with Crippen molar-refractivity contribution in [3.05, 3.63) is 62.3 Å². The molecule has 0 saturated heterocycles. The van der Waals surface area contributed by atoms with Gasteiger partial charge in [-0.1, -0.05) is 28.1 Å². The second kappa shape index (κ2) is 7.20. The van der Waals surface area contributed by atoms with E-state index in [4.69, 9.17) is 10.5 Å². The Morgan fingerprint density at radius 2 is 1.95 bits per heavy atom. The van der Waals surface area contributed by atoms with Crippen LogP contribution in [0.25, 0.3) is 0 Å². The summed E-state index contributed by atoms with van der Waals surface area (Å²) in [6, 6.07) is 10.6. The molecule has 0 bridgehead atoms. The molecule has 2 nitrogen and oxygen atoms in total. The summed E-state index contributed by atoms with van der Waals surface area (Å²) in [5.74, 6) is 0.477. The number of halogens is 3. The fraction of sp³-hybridized carbons (Fsp3) is 0.200. The zero-order chi connectivity index (χ0) is 14.5. The molecule has 0 unspecified atom stereocenters. The normalized spacial score (nSPS) is 10.6. The Morgan fingerprint density at radius 1 is 1.15 bits per heavy atom. The van der Waals surface area contributed by atoms with Gasteiger partial charge >= 0.3 is 0 Å². The van der Waals surface area contributed by atoms with Crippen molar-refractivity contribution >= 4 is 31.9 Å². The Balaban J connectivity index is 2.18. The van der Waals surface area contributed by atoms with Gasteiger partial charge in [-0.15, -0.1) is 0 Å².